The molecule has 0 aliphatic heterocycles. The molecule has 2 rings (SSSR count). The summed E-state index contributed by atoms with van der Waals surface area (Å²) < 4.78 is 5.79. The predicted octanol–water partition coefficient (Wildman–Crippen LogP) is 4.86. The summed E-state index contributed by atoms with van der Waals surface area (Å²) in [5.41, 5.74) is 1.05. The predicted molar refractivity (Wildman–Crippen MR) is 94.1 cm³/mol. The van der Waals surface area contributed by atoms with Crippen molar-refractivity contribution in [2.75, 3.05) is 0 Å². The lowest BCUT2D eigenvalue weighted by molar-refractivity contribution is -0.128. The van der Waals surface area contributed by atoms with Gasteiger partial charge in [-0.15, -0.1) is 0 Å². The van der Waals surface area contributed by atoms with E-state index in [0.717, 1.165) is 12.0 Å². The van der Waals surface area contributed by atoms with Crippen molar-refractivity contribution >= 4 is 29.1 Å². The van der Waals surface area contributed by atoms with Gasteiger partial charge in [0.15, 0.2) is 6.10 Å². The van der Waals surface area contributed by atoms with Crippen LogP contribution in [0.15, 0.2) is 48.5 Å². The van der Waals surface area contributed by atoms with Crippen LogP contribution in [0.3, 0.4) is 0 Å². The van der Waals surface area contributed by atoms with E-state index in [1.54, 1.807) is 18.2 Å². The van der Waals surface area contributed by atoms with Crippen LogP contribution in [0.2, 0.25) is 10.0 Å². The molecule has 0 bridgehead atoms. The maximum atomic E-state index is 12.4. The Morgan fingerprint density at radius 3 is 2.52 bits per heavy atom. The number of amides is 1. The molecule has 1 amide bonds. The van der Waals surface area contributed by atoms with Crippen molar-refractivity contribution < 1.29 is 9.53 Å². The van der Waals surface area contributed by atoms with Gasteiger partial charge in [-0.3, -0.25) is 4.79 Å². The summed E-state index contributed by atoms with van der Waals surface area (Å²) >= 11 is 11.9. The van der Waals surface area contributed by atoms with Gasteiger partial charge in [0.1, 0.15) is 5.75 Å². The fraction of sp³-hybridized carbons (Fsp3) is 0.278. The Morgan fingerprint density at radius 1 is 1.13 bits per heavy atom. The van der Waals surface area contributed by atoms with Crippen LogP contribution < -0.4 is 10.1 Å². The second-order valence-corrected chi connectivity index (χ2v) is 5.99. The minimum atomic E-state index is -0.555. The molecule has 2 aromatic carbocycles. The number of benzene rings is 2. The molecule has 1 unspecified atom stereocenters. The molecule has 1 N–H and O–H groups in total. The van der Waals surface area contributed by atoms with E-state index in [1.165, 1.54) is 0 Å². The number of carbonyl (C=O) groups excluding carboxylic acids is 1. The van der Waals surface area contributed by atoms with Gasteiger partial charge in [0.25, 0.3) is 5.91 Å². The Kier molecular flexibility index (Phi) is 6.75. The van der Waals surface area contributed by atoms with Crippen molar-refractivity contribution in [2.24, 2.45) is 0 Å². The van der Waals surface area contributed by atoms with E-state index in [4.69, 9.17) is 27.9 Å². The zero-order valence-electron chi connectivity index (χ0n) is 12.9. The van der Waals surface area contributed by atoms with Crippen molar-refractivity contribution in [2.45, 2.75) is 32.4 Å². The van der Waals surface area contributed by atoms with E-state index >= 15 is 0 Å². The number of carbonyl (C=O) groups is 1. The second kappa shape index (κ2) is 8.80. The molecule has 0 aliphatic carbocycles. The lowest BCUT2D eigenvalue weighted by Gasteiger charge is -2.18. The average molecular weight is 352 g/mol. The first-order valence-corrected chi connectivity index (χ1v) is 8.29. The Labute approximate surface area is 146 Å². The van der Waals surface area contributed by atoms with Crippen molar-refractivity contribution in [1.82, 2.24) is 5.32 Å². The van der Waals surface area contributed by atoms with Gasteiger partial charge in [-0.05, 0) is 24.1 Å². The van der Waals surface area contributed by atoms with Crippen molar-refractivity contribution in [1.29, 1.82) is 0 Å². The number of ether oxygens (including phenoxy) is 1. The molecule has 0 radical (unpaired) electrons. The Morgan fingerprint density at radius 2 is 1.87 bits per heavy atom. The first-order chi connectivity index (χ1) is 11.1. The number of rotatable bonds is 7. The monoisotopic (exact) mass is 351 g/mol. The maximum absolute atomic E-state index is 12.4. The highest BCUT2D eigenvalue weighted by atomic mass is 35.5. The normalized spacial score (nSPS) is 11.8. The van der Waals surface area contributed by atoms with Gasteiger partial charge in [-0.1, -0.05) is 66.9 Å². The van der Waals surface area contributed by atoms with Crippen LogP contribution in [0.1, 0.15) is 25.3 Å². The quantitative estimate of drug-likeness (QED) is 0.773. The average Bonchev–Trinajstić information content (AvgIpc) is 2.56. The molecule has 122 valence electrons. The third-order valence-corrected chi connectivity index (χ3v) is 4.06. The molecule has 0 heterocycles. The zero-order valence-corrected chi connectivity index (χ0v) is 14.4. The molecule has 2 aromatic rings. The summed E-state index contributed by atoms with van der Waals surface area (Å²) in [6.07, 6.45) is 0.909. The van der Waals surface area contributed by atoms with Gasteiger partial charge in [-0.2, -0.15) is 0 Å². The van der Waals surface area contributed by atoms with E-state index in [2.05, 4.69) is 5.32 Å². The smallest absolute Gasteiger partial charge is 0.261 e. The molecule has 23 heavy (non-hydrogen) atoms. The molecular formula is C18H19Cl2NO2. The minimum Gasteiger partial charge on any atom is -0.481 e. The topological polar surface area (TPSA) is 38.3 Å². The highest BCUT2D eigenvalue weighted by Crippen LogP contribution is 2.27. The van der Waals surface area contributed by atoms with Gasteiger partial charge in [-0.25, -0.2) is 0 Å². The molecule has 5 heteroatoms. The van der Waals surface area contributed by atoms with E-state index in [9.17, 15) is 4.79 Å². The summed E-state index contributed by atoms with van der Waals surface area (Å²) in [5.74, 6) is 0.398. The lowest BCUT2D eigenvalue weighted by atomic mass is 10.1. The van der Waals surface area contributed by atoms with E-state index < -0.39 is 6.10 Å². The van der Waals surface area contributed by atoms with Crippen LogP contribution in [0, 0.1) is 0 Å². The lowest BCUT2D eigenvalue weighted by Crippen LogP contribution is -2.38. The van der Waals surface area contributed by atoms with Gasteiger partial charge in [0, 0.05) is 12.6 Å². The molecule has 0 fully saturated rings. The fourth-order valence-electron chi connectivity index (χ4n) is 2.12. The van der Waals surface area contributed by atoms with Crippen LogP contribution >= 0.6 is 23.2 Å². The molecule has 0 aliphatic rings. The fourth-order valence-corrected chi connectivity index (χ4v) is 2.41. The van der Waals surface area contributed by atoms with Crippen LogP contribution in [-0.4, -0.2) is 12.0 Å². The summed E-state index contributed by atoms with van der Waals surface area (Å²) in [6, 6.07) is 14.7. The third kappa shape index (κ3) is 5.45. The van der Waals surface area contributed by atoms with Crippen LogP contribution in [0.5, 0.6) is 5.75 Å². The Bertz CT molecular complexity index is 647. The SMILES string of the molecule is CCCC(Oc1ccc(Cl)c(Cl)c1)C(=O)NCc1ccccc1. The zero-order chi connectivity index (χ0) is 16.7. The highest BCUT2D eigenvalue weighted by molar-refractivity contribution is 6.42. The number of hydrogen-bond acceptors (Lipinski definition) is 2. The molecule has 0 aromatic heterocycles. The largest absolute Gasteiger partial charge is 0.481 e. The van der Waals surface area contributed by atoms with Gasteiger partial charge < -0.3 is 10.1 Å². The first-order valence-electron chi connectivity index (χ1n) is 7.53. The van der Waals surface area contributed by atoms with Gasteiger partial charge in [0.2, 0.25) is 0 Å². The minimum absolute atomic E-state index is 0.137. The van der Waals surface area contributed by atoms with Crippen molar-refractivity contribution in [3.8, 4) is 5.75 Å². The molecule has 0 saturated heterocycles. The summed E-state index contributed by atoms with van der Waals surface area (Å²) in [5, 5.41) is 3.77. The number of hydrogen-bond donors (Lipinski definition) is 1. The molecular weight excluding hydrogens is 333 g/mol. The highest BCUT2D eigenvalue weighted by Gasteiger charge is 2.19. The van der Waals surface area contributed by atoms with Crippen LogP contribution in [0.4, 0.5) is 0 Å². The number of halogens is 2. The van der Waals surface area contributed by atoms with Crippen molar-refractivity contribution in [3.05, 3.63) is 64.1 Å². The summed E-state index contributed by atoms with van der Waals surface area (Å²) in [7, 11) is 0. The summed E-state index contributed by atoms with van der Waals surface area (Å²) in [6.45, 7) is 2.49. The molecule has 0 spiro atoms. The maximum Gasteiger partial charge on any atom is 0.261 e. The van der Waals surface area contributed by atoms with Crippen LogP contribution in [-0.2, 0) is 11.3 Å². The summed E-state index contributed by atoms with van der Waals surface area (Å²) in [4.78, 5) is 12.4. The first kappa shape index (κ1) is 17.6. The standard InChI is InChI=1S/C18H19Cl2NO2/c1-2-6-17(23-14-9-10-15(19)16(20)11-14)18(22)21-12-13-7-4-3-5-8-13/h3-5,7-11,17H,2,6,12H2,1H3,(H,21,22). The number of nitrogens with one attached hydrogen (secondary N) is 1. The Balaban J connectivity index is 1.99. The van der Waals surface area contributed by atoms with E-state index in [1.807, 2.05) is 37.3 Å². The third-order valence-electron chi connectivity index (χ3n) is 3.32. The molecule has 0 saturated carbocycles. The van der Waals surface area contributed by atoms with Crippen LogP contribution in [0.25, 0.3) is 0 Å². The molecule has 3 nitrogen and oxygen atoms in total. The second-order valence-electron chi connectivity index (χ2n) is 5.17. The van der Waals surface area contributed by atoms with E-state index in [-0.39, 0.29) is 5.91 Å². The van der Waals surface area contributed by atoms with Gasteiger partial charge >= 0.3 is 0 Å². The van der Waals surface area contributed by atoms with E-state index in [0.29, 0.717) is 28.8 Å². The van der Waals surface area contributed by atoms with Crippen molar-refractivity contribution in [3.63, 3.8) is 0 Å². The molecule has 1 atom stereocenters. The Hall–Kier alpha value is -1.71. The van der Waals surface area contributed by atoms with Gasteiger partial charge in [0.05, 0.1) is 10.0 Å².